The number of halogens is 1. The topological polar surface area (TPSA) is 32.3 Å². The van der Waals surface area contributed by atoms with Crippen molar-refractivity contribution in [1.82, 2.24) is 10.2 Å². The highest BCUT2D eigenvalue weighted by Crippen LogP contribution is 2.12. The summed E-state index contributed by atoms with van der Waals surface area (Å²) in [7, 11) is 0. The van der Waals surface area contributed by atoms with E-state index < -0.39 is 0 Å². The van der Waals surface area contributed by atoms with Gasteiger partial charge >= 0.3 is 0 Å². The first-order chi connectivity index (χ1) is 8.15. The van der Waals surface area contributed by atoms with Crippen molar-refractivity contribution in [1.29, 1.82) is 0 Å². The molecule has 1 N–H and O–H groups in total. The average molecular weight is 299 g/mol. The Hall–Kier alpha value is -0.870. The minimum absolute atomic E-state index is 0.0893. The Kier molecular flexibility index (Phi) is 6.22. The van der Waals surface area contributed by atoms with Gasteiger partial charge < -0.3 is 5.32 Å². The Balaban J connectivity index is 2.51. The molecule has 0 heterocycles. The number of benzene rings is 1. The molecule has 0 aliphatic carbocycles. The Labute approximate surface area is 111 Å². The summed E-state index contributed by atoms with van der Waals surface area (Å²) in [6.45, 7) is 6.82. The minimum atomic E-state index is 0.0893. The van der Waals surface area contributed by atoms with Gasteiger partial charge in [-0.25, -0.2) is 0 Å². The summed E-state index contributed by atoms with van der Waals surface area (Å²) in [6.07, 6.45) is 0. The van der Waals surface area contributed by atoms with E-state index >= 15 is 0 Å². The van der Waals surface area contributed by atoms with E-state index in [4.69, 9.17) is 0 Å². The van der Waals surface area contributed by atoms with E-state index in [2.05, 4.69) is 45.2 Å². The lowest BCUT2D eigenvalue weighted by molar-refractivity contribution is -0.122. The van der Waals surface area contributed by atoms with Crippen LogP contribution in [0.1, 0.15) is 19.4 Å². The molecule has 3 nitrogen and oxygen atoms in total. The highest BCUT2D eigenvalue weighted by molar-refractivity contribution is 9.10. The van der Waals surface area contributed by atoms with E-state index in [1.54, 1.807) is 0 Å². The van der Waals surface area contributed by atoms with E-state index in [0.717, 1.165) is 17.6 Å². The van der Waals surface area contributed by atoms with Gasteiger partial charge in [0, 0.05) is 17.6 Å². The fraction of sp³-hybridized carbons (Fsp3) is 0.462. The van der Waals surface area contributed by atoms with Crippen LogP contribution in [0.15, 0.2) is 28.7 Å². The molecule has 0 saturated carbocycles. The van der Waals surface area contributed by atoms with Crippen LogP contribution in [0.3, 0.4) is 0 Å². The molecule has 0 atom stereocenters. The third-order valence-corrected chi connectivity index (χ3v) is 3.04. The minimum Gasteiger partial charge on any atom is -0.355 e. The van der Waals surface area contributed by atoms with E-state index in [1.807, 2.05) is 19.1 Å². The van der Waals surface area contributed by atoms with Gasteiger partial charge in [0.15, 0.2) is 0 Å². The first kappa shape index (κ1) is 14.2. The van der Waals surface area contributed by atoms with E-state index in [1.165, 1.54) is 5.56 Å². The van der Waals surface area contributed by atoms with Gasteiger partial charge in [-0.15, -0.1) is 0 Å². The van der Waals surface area contributed by atoms with E-state index in [9.17, 15) is 4.79 Å². The van der Waals surface area contributed by atoms with Crippen molar-refractivity contribution in [3.05, 3.63) is 34.3 Å². The normalized spacial score (nSPS) is 10.6. The molecule has 0 bridgehead atoms. The summed E-state index contributed by atoms with van der Waals surface area (Å²) < 4.78 is 1.08. The molecule has 1 aromatic carbocycles. The molecule has 0 spiro atoms. The monoisotopic (exact) mass is 298 g/mol. The number of rotatable bonds is 6. The highest BCUT2D eigenvalue weighted by Gasteiger charge is 2.08. The maximum absolute atomic E-state index is 11.5. The number of hydrogen-bond acceptors (Lipinski definition) is 2. The zero-order chi connectivity index (χ0) is 12.7. The van der Waals surface area contributed by atoms with Crippen LogP contribution >= 0.6 is 15.9 Å². The molecule has 1 amide bonds. The van der Waals surface area contributed by atoms with Crippen molar-refractivity contribution in [2.75, 3.05) is 19.6 Å². The van der Waals surface area contributed by atoms with Crippen LogP contribution in [0.2, 0.25) is 0 Å². The fourth-order valence-electron chi connectivity index (χ4n) is 1.58. The van der Waals surface area contributed by atoms with Crippen LogP contribution in [0.5, 0.6) is 0 Å². The fourth-order valence-corrected chi connectivity index (χ4v) is 1.85. The Bertz CT molecular complexity index is 351. The van der Waals surface area contributed by atoms with Gasteiger partial charge in [-0.3, -0.25) is 9.69 Å². The number of carbonyl (C=O) groups excluding carboxylic acids is 1. The van der Waals surface area contributed by atoms with Crippen LogP contribution in [0.25, 0.3) is 0 Å². The second kappa shape index (κ2) is 7.45. The predicted molar refractivity (Wildman–Crippen MR) is 73.8 cm³/mol. The van der Waals surface area contributed by atoms with Gasteiger partial charge in [0.1, 0.15) is 0 Å². The molecular weight excluding hydrogens is 280 g/mol. The zero-order valence-electron chi connectivity index (χ0n) is 10.4. The molecule has 0 radical (unpaired) electrons. The summed E-state index contributed by atoms with van der Waals surface area (Å²) in [6, 6.07) is 8.19. The smallest absolute Gasteiger partial charge is 0.234 e. The quantitative estimate of drug-likeness (QED) is 0.875. The van der Waals surface area contributed by atoms with Crippen molar-refractivity contribution >= 4 is 21.8 Å². The van der Waals surface area contributed by atoms with Crippen LogP contribution in [0, 0.1) is 0 Å². The summed E-state index contributed by atoms with van der Waals surface area (Å²) in [4.78, 5) is 13.6. The van der Waals surface area contributed by atoms with Gasteiger partial charge in [0.05, 0.1) is 6.54 Å². The number of nitrogens with one attached hydrogen (secondary N) is 1. The van der Waals surface area contributed by atoms with E-state index in [0.29, 0.717) is 13.1 Å². The van der Waals surface area contributed by atoms with Crippen LogP contribution in [-0.4, -0.2) is 30.4 Å². The van der Waals surface area contributed by atoms with Crippen molar-refractivity contribution < 1.29 is 4.79 Å². The molecular formula is C13H19BrN2O. The third kappa shape index (κ3) is 5.33. The first-order valence-corrected chi connectivity index (χ1v) is 6.68. The molecule has 0 saturated heterocycles. The summed E-state index contributed by atoms with van der Waals surface area (Å²) >= 11 is 3.41. The standard InChI is InChI=1S/C13H19BrN2O/c1-3-15-13(17)10-16(4-2)9-11-5-7-12(14)8-6-11/h5-8H,3-4,9-10H2,1-2H3,(H,15,17). The summed E-state index contributed by atoms with van der Waals surface area (Å²) in [5.74, 6) is 0.0893. The van der Waals surface area contributed by atoms with E-state index in [-0.39, 0.29) is 5.91 Å². The predicted octanol–water partition coefficient (Wildman–Crippen LogP) is 2.41. The Morgan fingerprint density at radius 2 is 1.94 bits per heavy atom. The molecule has 0 fully saturated rings. The highest BCUT2D eigenvalue weighted by atomic mass is 79.9. The number of likely N-dealkylation sites (N-methyl/N-ethyl adjacent to an activating group) is 2. The lowest BCUT2D eigenvalue weighted by Gasteiger charge is -2.19. The van der Waals surface area contributed by atoms with Gasteiger partial charge in [-0.2, -0.15) is 0 Å². The molecule has 1 rings (SSSR count). The van der Waals surface area contributed by atoms with Crippen molar-refractivity contribution in [2.24, 2.45) is 0 Å². The molecule has 0 aliphatic heterocycles. The molecule has 1 aromatic rings. The maximum atomic E-state index is 11.5. The lowest BCUT2D eigenvalue weighted by atomic mass is 10.2. The zero-order valence-corrected chi connectivity index (χ0v) is 12.0. The Morgan fingerprint density at radius 1 is 1.29 bits per heavy atom. The number of amides is 1. The van der Waals surface area contributed by atoms with Gasteiger partial charge in [0.25, 0.3) is 0 Å². The summed E-state index contributed by atoms with van der Waals surface area (Å²) in [5.41, 5.74) is 1.22. The summed E-state index contributed by atoms with van der Waals surface area (Å²) in [5, 5.41) is 2.82. The van der Waals surface area contributed by atoms with Gasteiger partial charge in [-0.1, -0.05) is 35.0 Å². The lowest BCUT2D eigenvalue weighted by Crippen LogP contribution is -2.36. The van der Waals surface area contributed by atoms with Gasteiger partial charge in [0.2, 0.25) is 5.91 Å². The van der Waals surface area contributed by atoms with Crippen LogP contribution < -0.4 is 5.32 Å². The number of carbonyl (C=O) groups is 1. The molecule has 4 heteroatoms. The van der Waals surface area contributed by atoms with Crippen LogP contribution in [0.4, 0.5) is 0 Å². The largest absolute Gasteiger partial charge is 0.355 e. The van der Waals surface area contributed by atoms with Crippen LogP contribution in [-0.2, 0) is 11.3 Å². The second-order valence-electron chi connectivity index (χ2n) is 3.88. The number of hydrogen-bond donors (Lipinski definition) is 1. The van der Waals surface area contributed by atoms with Gasteiger partial charge in [-0.05, 0) is 31.2 Å². The van der Waals surface area contributed by atoms with Crippen molar-refractivity contribution in [3.63, 3.8) is 0 Å². The maximum Gasteiger partial charge on any atom is 0.234 e. The van der Waals surface area contributed by atoms with Crippen molar-refractivity contribution in [2.45, 2.75) is 20.4 Å². The Morgan fingerprint density at radius 3 is 2.47 bits per heavy atom. The molecule has 17 heavy (non-hydrogen) atoms. The SMILES string of the molecule is CCNC(=O)CN(CC)Cc1ccc(Br)cc1. The number of nitrogens with zero attached hydrogens (tertiary/aromatic N) is 1. The molecule has 94 valence electrons. The average Bonchev–Trinajstić information content (AvgIpc) is 2.31. The second-order valence-corrected chi connectivity index (χ2v) is 4.80. The molecule has 0 aromatic heterocycles. The van der Waals surface area contributed by atoms with Crippen molar-refractivity contribution in [3.8, 4) is 0 Å². The third-order valence-electron chi connectivity index (χ3n) is 2.51. The molecule has 0 unspecified atom stereocenters. The first-order valence-electron chi connectivity index (χ1n) is 5.89. The molecule has 0 aliphatic rings.